The Morgan fingerprint density at radius 2 is 1.79 bits per heavy atom. The van der Waals surface area contributed by atoms with Crippen LogP contribution in [0.2, 0.25) is 0 Å². The fourth-order valence-corrected chi connectivity index (χ4v) is 2.72. The maximum Gasteiger partial charge on any atom is 0.328 e. The third-order valence-corrected chi connectivity index (χ3v) is 4.23. The average molecular weight is 410 g/mol. The van der Waals surface area contributed by atoms with E-state index < -0.39 is 35.1 Å². The van der Waals surface area contributed by atoms with Crippen LogP contribution in [0.3, 0.4) is 0 Å². The van der Waals surface area contributed by atoms with Crippen molar-refractivity contribution in [1.82, 2.24) is 15.8 Å². The van der Waals surface area contributed by atoms with Crippen LogP contribution in [-0.2, 0) is 25.6 Å². The van der Waals surface area contributed by atoms with Gasteiger partial charge in [-0.3, -0.25) is 19.8 Å². The predicted octanol–water partition coefficient (Wildman–Crippen LogP) is 1.02. The van der Waals surface area contributed by atoms with Gasteiger partial charge in [0.05, 0.1) is 5.25 Å². The molecule has 28 heavy (non-hydrogen) atoms. The second kappa shape index (κ2) is 11.3. The number of nitrogens with one attached hydrogen (secondary N) is 2. The van der Waals surface area contributed by atoms with Crippen molar-refractivity contribution in [3.05, 3.63) is 35.9 Å². The molecule has 8 nitrogen and oxygen atoms in total. The number of hydrazine groups is 1. The third kappa shape index (κ3) is 7.22. The molecule has 1 rings (SSSR count). The normalized spacial score (nSPS) is 13.9. The van der Waals surface area contributed by atoms with E-state index >= 15 is 0 Å². The van der Waals surface area contributed by atoms with Crippen LogP contribution in [-0.4, -0.2) is 51.6 Å². The number of aliphatic carboxylic acids is 1. The second-order valence-corrected chi connectivity index (χ2v) is 7.64. The largest absolute Gasteiger partial charge is 0.480 e. The zero-order valence-electron chi connectivity index (χ0n) is 16.2. The number of hydrogen-bond acceptors (Lipinski definition) is 5. The molecule has 0 saturated heterocycles. The molecule has 0 aliphatic carbocycles. The fraction of sp³-hybridized carbons (Fsp3) is 0.474. The van der Waals surface area contributed by atoms with Crippen LogP contribution >= 0.6 is 12.6 Å². The molecule has 1 aromatic carbocycles. The van der Waals surface area contributed by atoms with E-state index in [0.717, 1.165) is 5.01 Å². The van der Waals surface area contributed by atoms with Gasteiger partial charge in [0.2, 0.25) is 12.3 Å². The molecule has 0 aliphatic heterocycles. The van der Waals surface area contributed by atoms with Crippen LogP contribution in [0.15, 0.2) is 30.3 Å². The van der Waals surface area contributed by atoms with Crippen LogP contribution in [0.4, 0.5) is 0 Å². The van der Waals surface area contributed by atoms with Crippen molar-refractivity contribution in [1.29, 1.82) is 0 Å². The number of rotatable bonds is 11. The van der Waals surface area contributed by atoms with E-state index in [1.165, 1.54) is 0 Å². The second-order valence-electron chi connectivity index (χ2n) is 6.87. The molecule has 3 amide bonds. The van der Waals surface area contributed by atoms with Gasteiger partial charge in [-0.1, -0.05) is 44.2 Å². The summed E-state index contributed by atoms with van der Waals surface area (Å²) in [6.07, 6.45) is 0.516. The predicted molar refractivity (Wildman–Crippen MR) is 107 cm³/mol. The maximum absolute atomic E-state index is 13.1. The van der Waals surface area contributed by atoms with Gasteiger partial charge in [-0.25, -0.2) is 9.80 Å². The van der Waals surface area contributed by atoms with Crippen LogP contribution in [0, 0.1) is 5.92 Å². The van der Waals surface area contributed by atoms with E-state index in [1.54, 1.807) is 37.3 Å². The Bertz CT molecular complexity index is 681. The summed E-state index contributed by atoms with van der Waals surface area (Å²) < 4.78 is 0. The van der Waals surface area contributed by atoms with Crippen LogP contribution < -0.4 is 10.7 Å². The number of carbonyl (C=O) groups excluding carboxylic acids is 3. The van der Waals surface area contributed by atoms with Crippen molar-refractivity contribution < 1.29 is 24.3 Å². The molecule has 9 heteroatoms. The van der Waals surface area contributed by atoms with Gasteiger partial charge in [-0.2, -0.15) is 12.6 Å². The van der Waals surface area contributed by atoms with E-state index in [2.05, 4.69) is 23.4 Å². The van der Waals surface area contributed by atoms with E-state index in [1.807, 2.05) is 13.8 Å². The zero-order chi connectivity index (χ0) is 21.3. The monoisotopic (exact) mass is 409 g/mol. The lowest BCUT2D eigenvalue weighted by Crippen LogP contribution is -2.60. The average Bonchev–Trinajstić information content (AvgIpc) is 2.63. The van der Waals surface area contributed by atoms with Gasteiger partial charge in [-0.15, -0.1) is 0 Å². The summed E-state index contributed by atoms with van der Waals surface area (Å²) in [5.41, 5.74) is 2.88. The van der Waals surface area contributed by atoms with Crippen LogP contribution in [0.1, 0.15) is 32.8 Å². The molecule has 0 aliphatic rings. The highest BCUT2D eigenvalue weighted by molar-refractivity contribution is 7.81. The molecule has 0 fully saturated rings. The molecular weight excluding hydrogens is 382 g/mol. The summed E-state index contributed by atoms with van der Waals surface area (Å²) in [4.78, 5) is 48.0. The van der Waals surface area contributed by atoms with Crippen molar-refractivity contribution in [2.75, 3.05) is 0 Å². The SMILES string of the molecule is CC(C)C[C@H](NC(=O)C(C)S)C(=O)N(NC=O)[C@@H](Cc1ccccc1)C(=O)O. The first-order valence-electron chi connectivity index (χ1n) is 8.95. The van der Waals surface area contributed by atoms with Crippen molar-refractivity contribution in [3.8, 4) is 0 Å². The van der Waals surface area contributed by atoms with Gasteiger partial charge in [0.25, 0.3) is 5.91 Å². The lowest BCUT2D eigenvalue weighted by molar-refractivity contribution is -0.156. The van der Waals surface area contributed by atoms with Crippen molar-refractivity contribution in [2.45, 2.75) is 50.9 Å². The first-order chi connectivity index (χ1) is 13.2. The zero-order valence-corrected chi connectivity index (χ0v) is 17.1. The molecule has 154 valence electrons. The lowest BCUT2D eigenvalue weighted by atomic mass is 10.0. The highest BCUT2D eigenvalue weighted by Crippen LogP contribution is 2.13. The van der Waals surface area contributed by atoms with Gasteiger partial charge >= 0.3 is 5.97 Å². The standard InChI is InChI=1S/C19H27N3O5S/c1-12(2)9-15(21-17(24)13(3)28)18(25)22(20-11-23)16(19(26)27)10-14-7-5-4-6-8-14/h4-8,11-13,15-16,28H,9-10H2,1-3H3,(H,20,23)(H,21,24)(H,26,27)/t13?,15-,16-/m0/s1. The number of benzene rings is 1. The third-order valence-electron chi connectivity index (χ3n) is 4.00. The number of carboxylic acid groups (broad SMARTS) is 1. The highest BCUT2D eigenvalue weighted by atomic mass is 32.1. The molecule has 0 bridgehead atoms. The van der Waals surface area contributed by atoms with E-state index in [-0.39, 0.29) is 25.2 Å². The Morgan fingerprint density at radius 3 is 2.25 bits per heavy atom. The molecule has 1 unspecified atom stereocenters. The van der Waals surface area contributed by atoms with Gasteiger partial charge in [0.1, 0.15) is 6.04 Å². The van der Waals surface area contributed by atoms with Gasteiger partial charge in [-0.05, 0) is 24.8 Å². The maximum atomic E-state index is 13.1. The molecule has 0 aromatic heterocycles. The summed E-state index contributed by atoms with van der Waals surface area (Å²) in [6, 6.07) is 6.43. The fourth-order valence-electron chi connectivity index (χ4n) is 2.64. The summed E-state index contributed by atoms with van der Waals surface area (Å²) in [5.74, 6) is -2.39. The topological polar surface area (TPSA) is 116 Å². The minimum absolute atomic E-state index is 0.00588. The Kier molecular flexibility index (Phi) is 9.50. The van der Waals surface area contributed by atoms with E-state index in [0.29, 0.717) is 5.56 Å². The number of thiol groups is 1. The Morgan fingerprint density at radius 1 is 1.18 bits per heavy atom. The van der Waals surface area contributed by atoms with E-state index in [9.17, 15) is 24.3 Å². The number of nitrogens with zero attached hydrogens (tertiary/aromatic N) is 1. The molecule has 1 aromatic rings. The van der Waals surface area contributed by atoms with Gasteiger partial charge < -0.3 is 10.4 Å². The van der Waals surface area contributed by atoms with Gasteiger partial charge in [0, 0.05) is 6.42 Å². The van der Waals surface area contributed by atoms with Crippen molar-refractivity contribution in [3.63, 3.8) is 0 Å². The molecule has 3 N–H and O–H groups in total. The van der Waals surface area contributed by atoms with E-state index in [4.69, 9.17) is 0 Å². The van der Waals surface area contributed by atoms with Crippen molar-refractivity contribution >= 4 is 36.8 Å². The van der Waals surface area contributed by atoms with Crippen molar-refractivity contribution in [2.24, 2.45) is 5.92 Å². The first-order valence-corrected chi connectivity index (χ1v) is 9.47. The summed E-state index contributed by atoms with van der Waals surface area (Å²) in [7, 11) is 0. The Labute approximate surface area is 170 Å². The summed E-state index contributed by atoms with van der Waals surface area (Å²) in [5, 5.41) is 12.4. The Hall–Kier alpha value is -2.55. The quantitative estimate of drug-likeness (QED) is 0.247. The van der Waals surface area contributed by atoms with Crippen LogP contribution in [0.5, 0.6) is 0 Å². The number of carbonyl (C=O) groups is 4. The molecule has 3 atom stereocenters. The van der Waals surface area contributed by atoms with Crippen LogP contribution in [0.25, 0.3) is 0 Å². The Balaban J connectivity index is 3.16. The smallest absolute Gasteiger partial charge is 0.328 e. The summed E-state index contributed by atoms with van der Waals surface area (Å²) in [6.45, 7) is 5.30. The number of hydrogen-bond donors (Lipinski definition) is 4. The molecule has 0 radical (unpaired) electrons. The minimum Gasteiger partial charge on any atom is -0.480 e. The minimum atomic E-state index is -1.33. The first kappa shape index (κ1) is 23.5. The molecule has 0 spiro atoms. The van der Waals surface area contributed by atoms with Gasteiger partial charge in [0.15, 0.2) is 6.04 Å². The summed E-state index contributed by atoms with van der Waals surface area (Å²) >= 11 is 4.06. The number of amides is 3. The molecular formula is C19H27N3O5S. The number of carboxylic acids is 1. The molecule has 0 saturated carbocycles. The highest BCUT2D eigenvalue weighted by Gasteiger charge is 2.35. The molecule has 0 heterocycles. The lowest BCUT2D eigenvalue weighted by Gasteiger charge is -2.32.